The summed E-state index contributed by atoms with van der Waals surface area (Å²) < 4.78 is 5.17. The summed E-state index contributed by atoms with van der Waals surface area (Å²) in [5.74, 6) is 0.699. The Bertz CT molecular complexity index is 391. The van der Waals surface area contributed by atoms with Gasteiger partial charge in [-0.05, 0) is 50.0 Å². The minimum Gasteiger partial charge on any atom is -0.495 e. The second-order valence-electron chi connectivity index (χ2n) is 4.67. The summed E-state index contributed by atoms with van der Waals surface area (Å²) in [5, 5.41) is 9.88. The predicted octanol–water partition coefficient (Wildman–Crippen LogP) is 2.87. The van der Waals surface area contributed by atoms with Crippen molar-refractivity contribution in [2.45, 2.75) is 25.3 Å². The van der Waals surface area contributed by atoms with E-state index in [4.69, 9.17) is 16.3 Å². The Hall–Kier alpha value is -0.770. The quantitative estimate of drug-likeness (QED) is 0.892. The van der Waals surface area contributed by atoms with E-state index in [1.165, 1.54) is 12.8 Å². The topological polar surface area (TPSA) is 32.7 Å². The molecule has 1 unspecified atom stereocenters. The molecule has 0 radical (unpaired) electrons. The fourth-order valence-corrected chi connectivity index (χ4v) is 2.89. The molecule has 1 aliphatic rings. The maximum Gasteiger partial charge on any atom is 0.137 e. The van der Waals surface area contributed by atoms with Crippen molar-refractivity contribution in [3.8, 4) is 5.75 Å². The van der Waals surface area contributed by atoms with E-state index in [9.17, 15) is 5.11 Å². The second-order valence-corrected chi connectivity index (χ2v) is 5.07. The summed E-state index contributed by atoms with van der Waals surface area (Å²) in [6, 6.07) is 6.17. The van der Waals surface area contributed by atoms with Crippen LogP contribution in [0.5, 0.6) is 5.75 Å². The van der Waals surface area contributed by atoms with Crippen molar-refractivity contribution in [2.75, 3.05) is 26.8 Å². The highest BCUT2D eigenvalue weighted by atomic mass is 35.5. The van der Waals surface area contributed by atoms with Gasteiger partial charge in [0.15, 0.2) is 0 Å². The first-order chi connectivity index (χ1) is 8.76. The number of ether oxygens (including phenoxy) is 1. The highest BCUT2D eigenvalue weighted by Gasteiger charge is 2.23. The van der Waals surface area contributed by atoms with E-state index in [0.717, 1.165) is 25.1 Å². The molecule has 0 aliphatic carbocycles. The number of nitrogens with zero attached hydrogens (tertiary/aromatic N) is 1. The SMILES string of the molecule is COc1ccc(C(CCO)N2CCCC2)cc1Cl. The molecule has 1 fully saturated rings. The Balaban J connectivity index is 2.21. The zero-order valence-electron chi connectivity index (χ0n) is 10.7. The first-order valence-electron chi connectivity index (χ1n) is 6.44. The molecule has 100 valence electrons. The molecule has 1 saturated heterocycles. The zero-order valence-corrected chi connectivity index (χ0v) is 11.5. The molecule has 2 rings (SSSR count). The lowest BCUT2D eigenvalue weighted by Crippen LogP contribution is -2.26. The number of benzene rings is 1. The molecule has 0 bridgehead atoms. The van der Waals surface area contributed by atoms with Gasteiger partial charge in [0.05, 0.1) is 12.1 Å². The van der Waals surface area contributed by atoms with Crippen LogP contribution >= 0.6 is 11.6 Å². The largest absolute Gasteiger partial charge is 0.495 e. The third kappa shape index (κ3) is 2.97. The van der Waals surface area contributed by atoms with Crippen LogP contribution in [0.2, 0.25) is 5.02 Å². The number of hydrogen-bond acceptors (Lipinski definition) is 3. The average Bonchev–Trinajstić information content (AvgIpc) is 2.89. The zero-order chi connectivity index (χ0) is 13.0. The molecule has 0 spiro atoms. The van der Waals surface area contributed by atoms with Gasteiger partial charge in [0.1, 0.15) is 5.75 Å². The Morgan fingerprint density at radius 3 is 2.67 bits per heavy atom. The molecule has 18 heavy (non-hydrogen) atoms. The summed E-state index contributed by atoms with van der Waals surface area (Å²) in [7, 11) is 1.62. The van der Waals surface area contributed by atoms with Crippen molar-refractivity contribution in [2.24, 2.45) is 0 Å². The maximum absolute atomic E-state index is 9.24. The van der Waals surface area contributed by atoms with Gasteiger partial charge in [-0.1, -0.05) is 17.7 Å². The van der Waals surface area contributed by atoms with E-state index in [-0.39, 0.29) is 12.6 Å². The van der Waals surface area contributed by atoms with E-state index >= 15 is 0 Å². The van der Waals surface area contributed by atoms with Crippen molar-refractivity contribution in [3.63, 3.8) is 0 Å². The van der Waals surface area contributed by atoms with Crippen LogP contribution in [-0.2, 0) is 0 Å². The van der Waals surface area contributed by atoms with Crippen LogP contribution in [0.4, 0.5) is 0 Å². The third-order valence-corrected chi connectivity index (χ3v) is 3.84. The molecule has 1 heterocycles. The molecule has 4 heteroatoms. The molecule has 3 nitrogen and oxygen atoms in total. The highest BCUT2D eigenvalue weighted by molar-refractivity contribution is 6.32. The van der Waals surface area contributed by atoms with Crippen molar-refractivity contribution in [3.05, 3.63) is 28.8 Å². The summed E-state index contributed by atoms with van der Waals surface area (Å²) in [6.45, 7) is 2.41. The van der Waals surface area contributed by atoms with Crippen LogP contribution in [0, 0.1) is 0 Å². The number of methoxy groups -OCH3 is 1. The van der Waals surface area contributed by atoms with Gasteiger partial charge in [-0.25, -0.2) is 0 Å². The van der Waals surface area contributed by atoms with Crippen molar-refractivity contribution in [1.29, 1.82) is 0 Å². The number of likely N-dealkylation sites (tertiary alicyclic amines) is 1. The minimum atomic E-state index is 0.199. The van der Waals surface area contributed by atoms with Crippen molar-refractivity contribution < 1.29 is 9.84 Å². The van der Waals surface area contributed by atoms with E-state index in [2.05, 4.69) is 4.90 Å². The molecule has 1 aromatic carbocycles. The molecule has 1 aromatic rings. The summed E-state index contributed by atoms with van der Waals surface area (Å²) in [4.78, 5) is 2.42. The second kappa shape index (κ2) is 6.41. The van der Waals surface area contributed by atoms with Crippen LogP contribution in [-0.4, -0.2) is 36.8 Å². The lowest BCUT2D eigenvalue weighted by molar-refractivity contribution is 0.185. The summed E-state index contributed by atoms with van der Waals surface area (Å²) in [5.41, 5.74) is 1.16. The molecule has 0 aromatic heterocycles. The van der Waals surface area contributed by atoms with Gasteiger partial charge in [0, 0.05) is 12.6 Å². The van der Waals surface area contributed by atoms with E-state index < -0.39 is 0 Å². The molecule has 0 saturated carbocycles. The Kier molecular flexibility index (Phi) is 4.87. The van der Waals surface area contributed by atoms with E-state index in [0.29, 0.717) is 10.8 Å². The van der Waals surface area contributed by atoms with Crippen LogP contribution in [0.1, 0.15) is 30.9 Å². The number of aliphatic hydroxyl groups is 1. The number of hydrogen-bond donors (Lipinski definition) is 1. The van der Waals surface area contributed by atoms with Gasteiger partial charge in [-0.3, -0.25) is 4.90 Å². The van der Waals surface area contributed by atoms with Crippen LogP contribution in [0.15, 0.2) is 18.2 Å². The number of rotatable bonds is 5. The molecule has 1 aliphatic heterocycles. The average molecular weight is 270 g/mol. The lowest BCUT2D eigenvalue weighted by atomic mass is 10.0. The smallest absolute Gasteiger partial charge is 0.137 e. The van der Waals surface area contributed by atoms with Crippen LogP contribution in [0.25, 0.3) is 0 Å². The Morgan fingerprint density at radius 1 is 1.39 bits per heavy atom. The van der Waals surface area contributed by atoms with Crippen LogP contribution < -0.4 is 4.74 Å². The fourth-order valence-electron chi connectivity index (χ4n) is 2.63. The summed E-state index contributed by atoms with van der Waals surface area (Å²) in [6.07, 6.45) is 3.24. The van der Waals surface area contributed by atoms with Gasteiger partial charge >= 0.3 is 0 Å². The van der Waals surface area contributed by atoms with Gasteiger partial charge in [0.25, 0.3) is 0 Å². The normalized spacial score (nSPS) is 17.9. The summed E-state index contributed by atoms with van der Waals surface area (Å²) >= 11 is 6.17. The first kappa shape index (κ1) is 13.7. The first-order valence-corrected chi connectivity index (χ1v) is 6.82. The van der Waals surface area contributed by atoms with Gasteiger partial charge in [-0.15, -0.1) is 0 Å². The molecular weight excluding hydrogens is 250 g/mol. The number of halogens is 1. The maximum atomic E-state index is 9.24. The Labute approximate surface area is 113 Å². The lowest BCUT2D eigenvalue weighted by Gasteiger charge is -2.27. The van der Waals surface area contributed by atoms with Crippen molar-refractivity contribution >= 4 is 11.6 Å². The predicted molar refractivity (Wildman–Crippen MR) is 73.3 cm³/mol. The van der Waals surface area contributed by atoms with Crippen LogP contribution in [0.3, 0.4) is 0 Å². The van der Waals surface area contributed by atoms with E-state index in [1.54, 1.807) is 7.11 Å². The molecule has 0 amide bonds. The molecular formula is C14H20ClNO2. The molecule has 1 atom stereocenters. The standard InChI is InChI=1S/C14H20ClNO2/c1-18-14-5-4-11(10-12(14)15)13(6-9-17)16-7-2-3-8-16/h4-5,10,13,17H,2-3,6-9H2,1H3. The van der Waals surface area contributed by atoms with Gasteiger partial charge in [-0.2, -0.15) is 0 Å². The van der Waals surface area contributed by atoms with Crippen molar-refractivity contribution in [1.82, 2.24) is 4.90 Å². The number of aliphatic hydroxyl groups excluding tert-OH is 1. The van der Waals surface area contributed by atoms with Gasteiger partial charge < -0.3 is 9.84 Å². The molecule has 1 N–H and O–H groups in total. The van der Waals surface area contributed by atoms with E-state index in [1.807, 2.05) is 18.2 Å². The third-order valence-electron chi connectivity index (χ3n) is 3.54. The minimum absolute atomic E-state index is 0.199. The Morgan fingerprint density at radius 2 is 2.11 bits per heavy atom. The monoisotopic (exact) mass is 269 g/mol. The van der Waals surface area contributed by atoms with Gasteiger partial charge in [0.2, 0.25) is 0 Å². The highest BCUT2D eigenvalue weighted by Crippen LogP contribution is 2.33. The fraction of sp³-hybridized carbons (Fsp3) is 0.571.